The van der Waals surface area contributed by atoms with Crippen LogP contribution in [0.3, 0.4) is 0 Å². The summed E-state index contributed by atoms with van der Waals surface area (Å²) < 4.78 is 5.30. The van der Waals surface area contributed by atoms with Crippen LogP contribution in [0.15, 0.2) is 0 Å². The number of rotatable bonds is 4. The van der Waals surface area contributed by atoms with Crippen LogP contribution < -0.4 is 0 Å². The minimum atomic E-state index is -0.491. The third-order valence-electron chi connectivity index (χ3n) is 2.33. The maximum Gasteiger partial charge on any atom is 0.179 e. The van der Waals surface area contributed by atoms with E-state index in [-0.39, 0.29) is 0 Å². The molecule has 0 aromatic heterocycles. The van der Waals surface area contributed by atoms with E-state index in [0.717, 1.165) is 5.92 Å². The van der Waals surface area contributed by atoms with Gasteiger partial charge in [-0.25, -0.2) is 0 Å². The summed E-state index contributed by atoms with van der Waals surface area (Å²) in [5.74, 6) is 0.759. The lowest BCUT2D eigenvalue weighted by atomic mass is 10.1. The van der Waals surface area contributed by atoms with Crippen LogP contribution in [0.1, 0.15) is 25.7 Å². The van der Waals surface area contributed by atoms with Crippen molar-refractivity contribution in [1.82, 2.24) is 0 Å². The molecule has 0 aromatic rings. The first kappa shape index (κ1) is 9.55. The Balaban J connectivity index is 2.12. The summed E-state index contributed by atoms with van der Waals surface area (Å²) in [7, 11) is -0.491. The quantitative estimate of drug-likeness (QED) is 0.486. The van der Waals surface area contributed by atoms with Crippen LogP contribution in [0, 0.1) is 12.8 Å². The molecular formula is C8H16ClOSi. The zero-order valence-corrected chi connectivity index (χ0v) is 9.06. The molecule has 1 fully saturated rings. The molecule has 0 aliphatic heterocycles. The first-order valence-electron chi connectivity index (χ1n) is 4.35. The molecule has 3 heteroatoms. The minimum absolute atomic E-state index is 0.360. The molecule has 1 nitrogen and oxygen atoms in total. The van der Waals surface area contributed by atoms with Crippen molar-refractivity contribution in [3.05, 3.63) is 6.92 Å². The van der Waals surface area contributed by atoms with Crippen molar-refractivity contribution >= 4 is 21.4 Å². The van der Waals surface area contributed by atoms with Crippen molar-refractivity contribution in [2.45, 2.75) is 30.7 Å². The first-order valence-corrected chi connectivity index (χ1v) is 6.18. The third-order valence-corrected chi connectivity index (χ3v) is 4.58. The summed E-state index contributed by atoms with van der Waals surface area (Å²) in [6.07, 6.45) is 5.38. The van der Waals surface area contributed by atoms with Crippen LogP contribution in [0.4, 0.5) is 0 Å². The zero-order chi connectivity index (χ0) is 8.10. The van der Waals surface area contributed by atoms with Crippen molar-refractivity contribution < 1.29 is 4.43 Å². The summed E-state index contributed by atoms with van der Waals surface area (Å²) in [6, 6.07) is 0. The number of hydrogen-bond donors (Lipinski definition) is 0. The van der Waals surface area contributed by atoms with Crippen LogP contribution in [0.5, 0.6) is 0 Å². The summed E-state index contributed by atoms with van der Waals surface area (Å²) in [4.78, 5) is 0. The fourth-order valence-corrected chi connectivity index (χ4v) is 3.31. The van der Waals surface area contributed by atoms with E-state index in [1.807, 2.05) is 0 Å². The second-order valence-corrected chi connectivity index (χ2v) is 5.83. The van der Waals surface area contributed by atoms with Gasteiger partial charge < -0.3 is 4.43 Å². The summed E-state index contributed by atoms with van der Waals surface area (Å²) >= 11 is 6.17. The highest BCUT2D eigenvalue weighted by Gasteiger charge is 2.23. The van der Waals surface area contributed by atoms with Crippen LogP contribution >= 0.6 is 11.6 Å². The molecule has 0 spiro atoms. The van der Waals surface area contributed by atoms with E-state index >= 15 is 0 Å². The summed E-state index contributed by atoms with van der Waals surface area (Å²) in [5, 5.41) is 0.360. The number of alkyl halides is 1. The van der Waals surface area contributed by atoms with Gasteiger partial charge in [0.05, 0.1) is 5.00 Å². The SMILES string of the molecule is [CH2]CO[SiH2]C(Cl)C1CCCC1. The second kappa shape index (κ2) is 5.17. The Morgan fingerprint density at radius 1 is 1.55 bits per heavy atom. The monoisotopic (exact) mass is 191 g/mol. The van der Waals surface area contributed by atoms with Crippen molar-refractivity contribution in [2.75, 3.05) is 6.61 Å². The van der Waals surface area contributed by atoms with Crippen molar-refractivity contribution in [2.24, 2.45) is 5.92 Å². The molecule has 0 heterocycles. The Bertz CT molecular complexity index is 104. The van der Waals surface area contributed by atoms with E-state index in [1.165, 1.54) is 25.7 Å². The highest BCUT2D eigenvalue weighted by atomic mass is 35.5. The first-order chi connectivity index (χ1) is 5.34. The highest BCUT2D eigenvalue weighted by molar-refractivity contribution is 6.48. The number of halogens is 1. The standard InChI is InChI=1S/C8H16ClOSi/c1-2-10-11-8(9)7-5-3-4-6-7/h7-8H,1-6,11H2. The van der Waals surface area contributed by atoms with E-state index in [4.69, 9.17) is 16.0 Å². The van der Waals surface area contributed by atoms with Crippen molar-refractivity contribution in [3.8, 4) is 0 Å². The third kappa shape index (κ3) is 3.14. The van der Waals surface area contributed by atoms with Crippen molar-refractivity contribution in [1.29, 1.82) is 0 Å². The Morgan fingerprint density at radius 3 is 2.73 bits per heavy atom. The predicted molar refractivity (Wildman–Crippen MR) is 51.5 cm³/mol. The maximum absolute atomic E-state index is 6.17. The van der Waals surface area contributed by atoms with Gasteiger partial charge in [-0.05, 0) is 25.7 Å². The van der Waals surface area contributed by atoms with Crippen molar-refractivity contribution in [3.63, 3.8) is 0 Å². The van der Waals surface area contributed by atoms with Gasteiger partial charge in [0.1, 0.15) is 0 Å². The fourth-order valence-electron chi connectivity index (χ4n) is 1.65. The summed E-state index contributed by atoms with van der Waals surface area (Å²) in [5.41, 5.74) is 0. The fraction of sp³-hybridized carbons (Fsp3) is 0.875. The molecule has 1 unspecified atom stereocenters. The molecule has 0 saturated heterocycles. The molecule has 1 aliphatic rings. The molecule has 0 N–H and O–H groups in total. The maximum atomic E-state index is 6.17. The average molecular weight is 192 g/mol. The Labute approximate surface area is 76.4 Å². The molecule has 0 bridgehead atoms. The second-order valence-electron chi connectivity index (χ2n) is 3.14. The van der Waals surface area contributed by atoms with Gasteiger partial charge >= 0.3 is 0 Å². The Kier molecular flexibility index (Phi) is 4.49. The molecule has 65 valence electrons. The van der Waals surface area contributed by atoms with Gasteiger partial charge in [0, 0.05) is 6.61 Å². The van der Waals surface area contributed by atoms with E-state index in [9.17, 15) is 0 Å². The topological polar surface area (TPSA) is 9.23 Å². The molecule has 11 heavy (non-hydrogen) atoms. The Hall–Kier alpha value is 0.467. The molecule has 0 amide bonds. The van der Waals surface area contributed by atoms with Crippen LogP contribution in [-0.4, -0.2) is 21.4 Å². The number of hydrogen-bond acceptors (Lipinski definition) is 1. The molecule has 1 saturated carbocycles. The molecule has 1 atom stereocenters. The van der Waals surface area contributed by atoms with Crippen LogP contribution in [0.25, 0.3) is 0 Å². The van der Waals surface area contributed by atoms with Gasteiger partial charge in [-0.1, -0.05) is 12.8 Å². The van der Waals surface area contributed by atoms with E-state index in [0.29, 0.717) is 11.6 Å². The lowest BCUT2D eigenvalue weighted by Gasteiger charge is -2.14. The van der Waals surface area contributed by atoms with Gasteiger partial charge in [-0.3, -0.25) is 0 Å². The van der Waals surface area contributed by atoms with Crippen LogP contribution in [0.2, 0.25) is 0 Å². The highest BCUT2D eigenvalue weighted by Crippen LogP contribution is 2.29. The normalized spacial score (nSPS) is 23.5. The lowest BCUT2D eigenvalue weighted by molar-refractivity contribution is 0.372. The van der Waals surface area contributed by atoms with E-state index in [1.54, 1.807) is 0 Å². The summed E-state index contributed by atoms with van der Waals surface area (Å²) in [6.45, 7) is 4.24. The minimum Gasteiger partial charge on any atom is -0.423 e. The molecule has 1 aliphatic carbocycles. The van der Waals surface area contributed by atoms with Gasteiger partial charge in [-0.15, -0.1) is 11.6 Å². The largest absolute Gasteiger partial charge is 0.423 e. The molecule has 1 radical (unpaired) electrons. The smallest absolute Gasteiger partial charge is 0.179 e. The molecule has 0 aromatic carbocycles. The predicted octanol–water partition coefficient (Wildman–Crippen LogP) is 1.68. The lowest BCUT2D eigenvalue weighted by Crippen LogP contribution is -2.21. The van der Waals surface area contributed by atoms with E-state index < -0.39 is 9.76 Å². The van der Waals surface area contributed by atoms with Crippen LogP contribution in [-0.2, 0) is 4.43 Å². The average Bonchev–Trinajstić information content (AvgIpc) is 2.52. The van der Waals surface area contributed by atoms with Gasteiger partial charge in [0.25, 0.3) is 0 Å². The molecule has 1 rings (SSSR count). The molecular weight excluding hydrogens is 176 g/mol. The van der Waals surface area contributed by atoms with Gasteiger partial charge in [0.2, 0.25) is 0 Å². The van der Waals surface area contributed by atoms with Gasteiger partial charge in [-0.2, -0.15) is 0 Å². The van der Waals surface area contributed by atoms with E-state index in [2.05, 4.69) is 6.92 Å². The van der Waals surface area contributed by atoms with Gasteiger partial charge in [0.15, 0.2) is 9.76 Å². The zero-order valence-electron chi connectivity index (χ0n) is 6.89. The Morgan fingerprint density at radius 2 is 2.18 bits per heavy atom.